The molecule has 26 heavy (non-hydrogen) atoms. The van der Waals surface area contributed by atoms with Crippen LogP contribution in [0.2, 0.25) is 0 Å². The molecule has 0 N–H and O–H groups in total. The fourth-order valence-electron chi connectivity index (χ4n) is 4.13. The molecule has 0 radical (unpaired) electrons. The Morgan fingerprint density at radius 3 is 2.50 bits per heavy atom. The molecular weight excluding hydrogens is 348 g/mol. The second-order valence-corrected chi connectivity index (χ2v) is 9.47. The van der Waals surface area contributed by atoms with Gasteiger partial charge in [-0.3, -0.25) is 9.10 Å². The Hall–Kier alpha value is -2.34. The number of carbonyl (C=O) groups is 1. The summed E-state index contributed by atoms with van der Waals surface area (Å²) in [6, 6.07) is 12.5. The zero-order valence-electron chi connectivity index (χ0n) is 15.4. The van der Waals surface area contributed by atoms with E-state index in [1.54, 1.807) is 30.1 Å². The molecule has 5 nitrogen and oxygen atoms in total. The molecule has 0 unspecified atom stereocenters. The Morgan fingerprint density at radius 1 is 1.08 bits per heavy atom. The van der Waals surface area contributed by atoms with Crippen molar-refractivity contribution in [2.24, 2.45) is 0 Å². The van der Waals surface area contributed by atoms with E-state index in [0.717, 1.165) is 22.5 Å². The van der Waals surface area contributed by atoms with Gasteiger partial charge in [-0.1, -0.05) is 18.2 Å². The van der Waals surface area contributed by atoms with Crippen LogP contribution < -0.4 is 9.21 Å². The lowest BCUT2D eigenvalue weighted by atomic mass is 9.86. The summed E-state index contributed by atoms with van der Waals surface area (Å²) in [5.41, 5.74) is 2.58. The van der Waals surface area contributed by atoms with Gasteiger partial charge in [-0.2, -0.15) is 0 Å². The minimum Gasteiger partial charge on any atom is -0.314 e. The summed E-state index contributed by atoms with van der Waals surface area (Å²) >= 11 is 0. The van der Waals surface area contributed by atoms with Crippen LogP contribution in [0.1, 0.15) is 31.9 Å². The summed E-state index contributed by atoms with van der Waals surface area (Å²) in [6.07, 6.45) is 0.701. The molecule has 2 aliphatic heterocycles. The molecule has 0 aromatic heterocycles. The highest BCUT2D eigenvalue weighted by Gasteiger charge is 2.44. The highest BCUT2D eigenvalue weighted by atomic mass is 32.2. The van der Waals surface area contributed by atoms with Crippen molar-refractivity contribution in [3.63, 3.8) is 0 Å². The number of benzene rings is 2. The molecule has 6 heteroatoms. The molecule has 2 aromatic carbocycles. The predicted octanol–water partition coefficient (Wildman–Crippen LogP) is 3.08. The van der Waals surface area contributed by atoms with E-state index in [4.69, 9.17) is 0 Å². The second kappa shape index (κ2) is 5.33. The third-order valence-electron chi connectivity index (χ3n) is 5.54. The zero-order valence-corrected chi connectivity index (χ0v) is 16.2. The molecule has 0 spiro atoms. The average Bonchev–Trinajstić information content (AvgIpc) is 3.03. The van der Waals surface area contributed by atoms with Crippen LogP contribution in [-0.2, 0) is 26.7 Å². The van der Waals surface area contributed by atoms with Gasteiger partial charge in [0.1, 0.15) is 0 Å². The lowest BCUT2D eigenvalue weighted by molar-refractivity contribution is -0.121. The van der Waals surface area contributed by atoms with Gasteiger partial charge in [0.05, 0.1) is 16.0 Å². The van der Waals surface area contributed by atoms with Gasteiger partial charge in [0, 0.05) is 18.8 Å². The lowest BCUT2D eigenvalue weighted by Gasteiger charge is -2.25. The summed E-state index contributed by atoms with van der Waals surface area (Å²) in [6.45, 7) is 5.59. The standard InChI is InChI=1S/C20H22N2O3S/c1-13-11-14-7-5-6-8-17(14)22(13)26(24,25)15-9-10-18-16(12-15)20(2,3)19(23)21(18)4/h5-10,12-13H,11H2,1-4H3/t13-/m1/s1. The number of rotatable bonds is 2. The number of para-hydroxylation sites is 1. The third kappa shape index (κ3) is 2.14. The molecule has 2 aromatic rings. The number of likely N-dealkylation sites (N-methyl/N-ethyl adjacent to an activating group) is 1. The minimum atomic E-state index is -3.70. The van der Waals surface area contributed by atoms with E-state index in [2.05, 4.69) is 0 Å². The van der Waals surface area contributed by atoms with Crippen LogP contribution in [0, 0.1) is 0 Å². The summed E-state index contributed by atoms with van der Waals surface area (Å²) in [5.74, 6) is -0.0260. The molecule has 4 rings (SSSR count). The van der Waals surface area contributed by atoms with Crippen molar-refractivity contribution >= 4 is 27.3 Å². The second-order valence-electron chi connectivity index (χ2n) is 7.65. The fraction of sp³-hybridized carbons (Fsp3) is 0.350. The summed E-state index contributed by atoms with van der Waals surface area (Å²) < 4.78 is 28.3. The van der Waals surface area contributed by atoms with Crippen LogP contribution in [0.5, 0.6) is 0 Å². The Balaban J connectivity index is 1.85. The first kappa shape index (κ1) is 17.1. The number of amides is 1. The van der Waals surface area contributed by atoms with E-state index in [9.17, 15) is 13.2 Å². The van der Waals surface area contributed by atoms with Crippen LogP contribution in [0.25, 0.3) is 0 Å². The maximum Gasteiger partial charge on any atom is 0.264 e. The lowest BCUT2D eigenvalue weighted by Crippen LogP contribution is -2.36. The van der Waals surface area contributed by atoms with Crippen molar-refractivity contribution in [3.05, 3.63) is 53.6 Å². The van der Waals surface area contributed by atoms with Crippen LogP contribution in [0.3, 0.4) is 0 Å². The van der Waals surface area contributed by atoms with E-state index in [-0.39, 0.29) is 16.8 Å². The maximum atomic E-state index is 13.4. The SMILES string of the molecule is C[C@@H]1Cc2ccccc2N1S(=O)(=O)c1ccc2c(c1)C(C)(C)C(=O)N2C. The molecule has 0 fully saturated rings. The quantitative estimate of drug-likeness (QED) is 0.816. The molecule has 0 saturated carbocycles. The van der Waals surface area contributed by atoms with Gasteiger partial charge in [-0.25, -0.2) is 8.42 Å². The Morgan fingerprint density at radius 2 is 1.77 bits per heavy atom. The molecule has 1 atom stereocenters. The number of anilines is 2. The molecule has 136 valence electrons. The van der Waals surface area contributed by atoms with Crippen LogP contribution in [-0.4, -0.2) is 27.4 Å². The van der Waals surface area contributed by atoms with Gasteiger partial charge in [-0.05, 0) is 62.6 Å². The van der Waals surface area contributed by atoms with Crippen molar-refractivity contribution in [1.82, 2.24) is 0 Å². The summed E-state index contributed by atoms with van der Waals surface area (Å²) in [5, 5.41) is 0. The van der Waals surface area contributed by atoms with Crippen molar-refractivity contribution < 1.29 is 13.2 Å². The molecule has 2 aliphatic rings. The monoisotopic (exact) mass is 370 g/mol. The minimum absolute atomic E-state index is 0.0260. The van der Waals surface area contributed by atoms with Crippen molar-refractivity contribution in [2.45, 2.75) is 43.5 Å². The topological polar surface area (TPSA) is 57.7 Å². The maximum absolute atomic E-state index is 13.4. The molecule has 0 bridgehead atoms. The summed E-state index contributed by atoms with van der Waals surface area (Å²) in [7, 11) is -1.98. The van der Waals surface area contributed by atoms with Crippen LogP contribution in [0.15, 0.2) is 47.4 Å². The van der Waals surface area contributed by atoms with Crippen molar-refractivity contribution in [2.75, 3.05) is 16.3 Å². The first-order chi connectivity index (χ1) is 12.2. The normalized spacial score (nSPS) is 21.1. The zero-order chi connectivity index (χ0) is 18.9. The number of hydrogen-bond donors (Lipinski definition) is 0. The number of hydrogen-bond acceptors (Lipinski definition) is 3. The largest absolute Gasteiger partial charge is 0.314 e. The first-order valence-electron chi connectivity index (χ1n) is 8.70. The van der Waals surface area contributed by atoms with E-state index in [0.29, 0.717) is 6.42 Å². The summed E-state index contributed by atoms with van der Waals surface area (Å²) in [4.78, 5) is 14.3. The smallest absolute Gasteiger partial charge is 0.264 e. The Bertz CT molecular complexity index is 1030. The molecule has 0 aliphatic carbocycles. The van der Waals surface area contributed by atoms with E-state index in [1.807, 2.05) is 45.0 Å². The fourth-order valence-corrected chi connectivity index (χ4v) is 5.85. The highest BCUT2D eigenvalue weighted by molar-refractivity contribution is 7.92. The molecule has 2 heterocycles. The van der Waals surface area contributed by atoms with Gasteiger partial charge in [-0.15, -0.1) is 0 Å². The van der Waals surface area contributed by atoms with Crippen LogP contribution >= 0.6 is 0 Å². The van der Waals surface area contributed by atoms with Gasteiger partial charge >= 0.3 is 0 Å². The predicted molar refractivity (Wildman–Crippen MR) is 102 cm³/mol. The van der Waals surface area contributed by atoms with E-state index >= 15 is 0 Å². The van der Waals surface area contributed by atoms with E-state index in [1.165, 1.54) is 4.31 Å². The van der Waals surface area contributed by atoms with Crippen molar-refractivity contribution in [1.29, 1.82) is 0 Å². The van der Waals surface area contributed by atoms with Gasteiger partial charge in [0.2, 0.25) is 5.91 Å². The highest BCUT2D eigenvalue weighted by Crippen LogP contribution is 2.43. The van der Waals surface area contributed by atoms with Gasteiger partial charge in [0.15, 0.2) is 0 Å². The van der Waals surface area contributed by atoms with E-state index < -0.39 is 15.4 Å². The van der Waals surface area contributed by atoms with Crippen molar-refractivity contribution in [3.8, 4) is 0 Å². The molecular formula is C20H22N2O3S. The number of sulfonamides is 1. The Kier molecular flexibility index (Phi) is 3.50. The Labute approximate surface area is 154 Å². The number of nitrogens with zero attached hydrogens (tertiary/aromatic N) is 2. The average molecular weight is 370 g/mol. The number of fused-ring (bicyclic) bond motifs is 2. The van der Waals surface area contributed by atoms with Gasteiger partial charge in [0.25, 0.3) is 10.0 Å². The first-order valence-corrected chi connectivity index (χ1v) is 10.1. The third-order valence-corrected chi connectivity index (χ3v) is 7.47. The van der Waals surface area contributed by atoms with Crippen LogP contribution in [0.4, 0.5) is 11.4 Å². The van der Waals surface area contributed by atoms with Gasteiger partial charge < -0.3 is 4.90 Å². The molecule has 0 saturated heterocycles. The molecule has 1 amide bonds. The number of carbonyl (C=O) groups excluding carboxylic acids is 1.